The SMILES string of the molecule is O=C(NCCCCCCNC(=O)C(=O)OCC(F)(F)F)C(=O)OCC(F)(F)F. The van der Waals surface area contributed by atoms with E-state index in [-0.39, 0.29) is 13.1 Å². The largest absolute Gasteiger partial charge is 0.449 e. The number of halogens is 6. The smallest absolute Gasteiger partial charge is 0.422 e. The predicted octanol–water partition coefficient (Wildman–Crippen LogP) is 0.990. The molecule has 0 aromatic rings. The lowest BCUT2D eigenvalue weighted by atomic mass is 10.2. The lowest BCUT2D eigenvalue weighted by Gasteiger charge is -2.08. The summed E-state index contributed by atoms with van der Waals surface area (Å²) in [6.45, 7) is -3.74. The number of alkyl halides is 6. The molecule has 0 unspecified atom stereocenters. The van der Waals surface area contributed by atoms with Crippen LogP contribution in [0.2, 0.25) is 0 Å². The number of ether oxygens (including phenoxy) is 2. The Morgan fingerprint density at radius 1 is 0.607 bits per heavy atom. The second-order valence-corrected chi connectivity index (χ2v) is 5.31. The molecule has 2 N–H and O–H groups in total. The number of esters is 2. The molecular formula is C14H18F6N2O6. The Hall–Kier alpha value is -2.54. The summed E-state index contributed by atoms with van der Waals surface area (Å²) in [6.07, 6.45) is -7.76. The summed E-state index contributed by atoms with van der Waals surface area (Å²) in [5.74, 6) is -5.93. The molecule has 14 heteroatoms. The summed E-state index contributed by atoms with van der Waals surface area (Å²) in [5, 5.41) is 4.13. The molecule has 0 rings (SSSR count). The van der Waals surface area contributed by atoms with Crippen molar-refractivity contribution in [2.45, 2.75) is 38.0 Å². The zero-order valence-electron chi connectivity index (χ0n) is 14.4. The molecule has 0 radical (unpaired) electrons. The summed E-state index contributed by atoms with van der Waals surface area (Å²) in [4.78, 5) is 44.2. The average Bonchev–Trinajstić information content (AvgIpc) is 2.57. The second kappa shape index (κ2) is 12.0. The van der Waals surface area contributed by atoms with Crippen molar-refractivity contribution >= 4 is 23.8 Å². The normalized spacial score (nSPS) is 11.5. The van der Waals surface area contributed by atoms with Crippen LogP contribution >= 0.6 is 0 Å². The molecular weight excluding hydrogens is 406 g/mol. The van der Waals surface area contributed by atoms with Crippen molar-refractivity contribution in [3.05, 3.63) is 0 Å². The van der Waals surface area contributed by atoms with E-state index in [4.69, 9.17) is 0 Å². The topological polar surface area (TPSA) is 111 Å². The highest BCUT2D eigenvalue weighted by Crippen LogP contribution is 2.15. The van der Waals surface area contributed by atoms with Gasteiger partial charge in [0, 0.05) is 13.1 Å². The summed E-state index contributed by atoms with van der Waals surface area (Å²) in [5.41, 5.74) is 0. The van der Waals surface area contributed by atoms with E-state index in [1.54, 1.807) is 0 Å². The molecule has 0 saturated heterocycles. The van der Waals surface area contributed by atoms with E-state index in [1.165, 1.54) is 0 Å². The van der Waals surface area contributed by atoms with Gasteiger partial charge in [-0.1, -0.05) is 12.8 Å². The van der Waals surface area contributed by atoms with Gasteiger partial charge >= 0.3 is 36.1 Å². The number of unbranched alkanes of at least 4 members (excludes halogenated alkanes) is 3. The Morgan fingerprint density at radius 2 is 0.929 bits per heavy atom. The second-order valence-electron chi connectivity index (χ2n) is 5.31. The van der Waals surface area contributed by atoms with Crippen LogP contribution in [0.1, 0.15) is 25.7 Å². The van der Waals surface area contributed by atoms with Crippen molar-refractivity contribution in [3.8, 4) is 0 Å². The van der Waals surface area contributed by atoms with E-state index < -0.39 is 49.3 Å². The lowest BCUT2D eigenvalue weighted by Crippen LogP contribution is -2.35. The molecule has 0 aliphatic carbocycles. The predicted molar refractivity (Wildman–Crippen MR) is 78.5 cm³/mol. The van der Waals surface area contributed by atoms with Crippen LogP contribution in [0.4, 0.5) is 26.3 Å². The van der Waals surface area contributed by atoms with Gasteiger partial charge in [-0.2, -0.15) is 26.3 Å². The van der Waals surface area contributed by atoms with Gasteiger partial charge in [0.05, 0.1) is 0 Å². The van der Waals surface area contributed by atoms with Crippen LogP contribution in [-0.2, 0) is 28.7 Å². The number of hydrogen-bond acceptors (Lipinski definition) is 6. The molecule has 0 saturated carbocycles. The van der Waals surface area contributed by atoms with Crippen LogP contribution in [0.3, 0.4) is 0 Å². The first-order chi connectivity index (χ1) is 12.8. The summed E-state index contributed by atoms with van der Waals surface area (Å²) in [7, 11) is 0. The molecule has 0 aromatic heterocycles. The van der Waals surface area contributed by atoms with E-state index in [0.717, 1.165) is 0 Å². The van der Waals surface area contributed by atoms with Crippen molar-refractivity contribution in [3.63, 3.8) is 0 Å². The van der Waals surface area contributed by atoms with Crippen LogP contribution in [0, 0.1) is 0 Å². The molecule has 162 valence electrons. The molecule has 0 aliphatic heterocycles. The van der Waals surface area contributed by atoms with E-state index in [1.807, 2.05) is 0 Å². The van der Waals surface area contributed by atoms with Crippen LogP contribution in [-0.4, -0.2) is 62.4 Å². The van der Waals surface area contributed by atoms with Gasteiger partial charge < -0.3 is 20.1 Å². The maximum Gasteiger partial charge on any atom is 0.422 e. The Bertz CT molecular complexity index is 501. The molecule has 8 nitrogen and oxygen atoms in total. The van der Waals surface area contributed by atoms with Crippen LogP contribution in [0.5, 0.6) is 0 Å². The fourth-order valence-corrected chi connectivity index (χ4v) is 1.58. The first-order valence-electron chi connectivity index (χ1n) is 7.85. The Kier molecular flexibility index (Phi) is 10.9. The zero-order valence-corrected chi connectivity index (χ0v) is 14.4. The molecule has 0 spiro atoms. The highest BCUT2D eigenvalue weighted by molar-refractivity contribution is 6.32. The summed E-state index contributed by atoms with van der Waals surface area (Å²) >= 11 is 0. The number of hydrogen-bond donors (Lipinski definition) is 2. The first-order valence-corrected chi connectivity index (χ1v) is 7.85. The van der Waals surface area contributed by atoms with Crippen molar-refractivity contribution in [1.29, 1.82) is 0 Å². The third-order valence-corrected chi connectivity index (χ3v) is 2.78. The molecule has 28 heavy (non-hydrogen) atoms. The summed E-state index contributed by atoms with van der Waals surface area (Å²) < 4.78 is 78.3. The molecule has 0 bridgehead atoms. The van der Waals surface area contributed by atoms with Crippen molar-refractivity contribution in [2.75, 3.05) is 26.3 Å². The Labute approximate surface area is 154 Å². The van der Waals surface area contributed by atoms with Gasteiger partial charge in [-0.25, -0.2) is 9.59 Å². The maximum atomic E-state index is 11.8. The molecule has 0 fully saturated rings. The highest BCUT2D eigenvalue weighted by Gasteiger charge is 2.31. The summed E-state index contributed by atoms with van der Waals surface area (Å²) in [6, 6.07) is 0. The molecule has 2 amide bonds. The lowest BCUT2D eigenvalue weighted by molar-refractivity contribution is -0.187. The number of rotatable bonds is 9. The minimum atomic E-state index is -4.74. The number of carbonyl (C=O) groups is 4. The van der Waals surface area contributed by atoms with Crippen molar-refractivity contribution in [2.24, 2.45) is 0 Å². The molecule has 0 aliphatic rings. The van der Waals surface area contributed by atoms with Crippen LogP contribution in [0.25, 0.3) is 0 Å². The fourth-order valence-electron chi connectivity index (χ4n) is 1.58. The van der Waals surface area contributed by atoms with Gasteiger partial charge in [0.2, 0.25) is 0 Å². The fraction of sp³-hybridized carbons (Fsp3) is 0.714. The quantitative estimate of drug-likeness (QED) is 0.247. The standard InChI is InChI=1S/C14H18F6N2O6/c15-13(16,17)7-27-11(25)9(23)21-5-3-1-2-4-6-22-10(24)12(26)28-8-14(18,19)20/h1-8H2,(H,21,23)(H,22,24). The van der Waals surface area contributed by atoms with Crippen LogP contribution < -0.4 is 10.6 Å². The monoisotopic (exact) mass is 424 g/mol. The molecule has 0 heterocycles. The van der Waals surface area contributed by atoms with Crippen molar-refractivity contribution < 1.29 is 55.0 Å². The van der Waals surface area contributed by atoms with Gasteiger partial charge in [-0.3, -0.25) is 9.59 Å². The first kappa shape index (κ1) is 25.5. The molecule has 0 aromatic carbocycles. The maximum absolute atomic E-state index is 11.8. The van der Waals surface area contributed by atoms with Gasteiger partial charge in [-0.15, -0.1) is 0 Å². The third-order valence-electron chi connectivity index (χ3n) is 2.78. The minimum absolute atomic E-state index is 0.00389. The highest BCUT2D eigenvalue weighted by atomic mass is 19.4. The minimum Gasteiger partial charge on any atom is -0.449 e. The number of amides is 2. The van der Waals surface area contributed by atoms with Gasteiger partial charge in [0.15, 0.2) is 13.2 Å². The average molecular weight is 424 g/mol. The van der Waals surface area contributed by atoms with E-state index in [0.29, 0.717) is 25.7 Å². The Balaban J connectivity index is 3.69. The van der Waals surface area contributed by atoms with Gasteiger partial charge in [0.25, 0.3) is 0 Å². The zero-order chi connectivity index (χ0) is 21.8. The molecule has 0 atom stereocenters. The Morgan fingerprint density at radius 3 is 1.21 bits per heavy atom. The van der Waals surface area contributed by atoms with Gasteiger partial charge in [0.1, 0.15) is 0 Å². The number of carbonyl (C=O) groups excluding carboxylic acids is 4. The van der Waals surface area contributed by atoms with E-state index in [9.17, 15) is 45.5 Å². The van der Waals surface area contributed by atoms with Gasteiger partial charge in [-0.05, 0) is 12.8 Å². The van der Waals surface area contributed by atoms with Crippen molar-refractivity contribution in [1.82, 2.24) is 10.6 Å². The van der Waals surface area contributed by atoms with E-state index >= 15 is 0 Å². The van der Waals surface area contributed by atoms with Crippen LogP contribution in [0.15, 0.2) is 0 Å². The number of nitrogens with one attached hydrogen (secondary N) is 2. The van der Waals surface area contributed by atoms with E-state index in [2.05, 4.69) is 20.1 Å². The third kappa shape index (κ3) is 14.6.